The van der Waals surface area contributed by atoms with Gasteiger partial charge in [0.15, 0.2) is 0 Å². The van der Waals surface area contributed by atoms with Crippen molar-refractivity contribution in [2.75, 3.05) is 11.5 Å². The highest BCUT2D eigenvalue weighted by atomic mass is 32.2. The van der Waals surface area contributed by atoms with Crippen LogP contribution in [0.5, 0.6) is 0 Å². The highest BCUT2D eigenvalue weighted by molar-refractivity contribution is 7.99. The molecule has 2 aliphatic heterocycles. The molecule has 0 radical (unpaired) electrons. The van der Waals surface area contributed by atoms with Crippen molar-refractivity contribution in [3.63, 3.8) is 0 Å². The average molecular weight is 355 g/mol. The van der Waals surface area contributed by atoms with Crippen LogP contribution < -0.4 is 0 Å². The summed E-state index contributed by atoms with van der Waals surface area (Å²) >= 11 is 2.13. The van der Waals surface area contributed by atoms with E-state index in [2.05, 4.69) is 30.8 Å². The first-order valence-electron chi connectivity index (χ1n) is 9.82. The zero-order chi connectivity index (χ0) is 17.2. The Hall–Kier alpha value is -0.480. The quantitative estimate of drug-likeness (QED) is 0.360. The van der Waals surface area contributed by atoms with Gasteiger partial charge in [-0.15, -0.1) is 0 Å². The van der Waals surface area contributed by atoms with E-state index in [1.165, 1.54) is 50.0 Å². The molecule has 4 atom stereocenters. The predicted molar refractivity (Wildman–Crippen MR) is 102 cm³/mol. The second-order valence-corrected chi connectivity index (χ2v) is 8.40. The van der Waals surface area contributed by atoms with Gasteiger partial charge in [-0.3, -0.25) is 4.79 Å². The zero-order valence-corrected chi connectivity index (χ0v) is 15.9. The van der Waals surface area contributed by atoms with Crippen molar-refractivity contribution in [2.24, 2.45) is 11.8 Å². The van der Waals surface area contributed by atoms with Crippen molar-refractivity contribution < 1.29 is 14.6 Å². The van der Waals surface area contributed by atoms with Crippen LogP contribution in [0.15, 0.2) is 12.2 Å². The third-order valence-corrected chi connectivity index (χ3v) is 6.58. The molecule has 24 heavy (non-hydrogen) atoms. The number of hydrogen-bond acceptors (Lipinski definition) is 3. The molecule has 3 nitrogen and oxygen atoms in total. The fraction of sp³-hybridized carbons (Fsp3) is 0.850. The first-order chi connectivity index (χ1) is 11.7. The van der Waals surface area contributed by atoms with Crippen LogP contribution in [-0.4, -0.2) is 34.8 Å². The summed E-state index contributed by atoms with van der Waals surface area (Å²) < 4.78 is 6.18. The Bertz CT molecular complexity index is 396. The molecule has 1 N–H and O–H groups in total. The number of carboxylic acids is 1. The van der Waals surface area contributed by atoms with Gasteiger partial charge >= 0.3 is 5.97 Å². The molecule has 2 rings (SSSR count). The molecular weight excluding hydrogens is 320 g/mol. The molecule has 2 saturated heterocycles. The van der Waals surface area contributed by atoms with Gasteiger partial charge in [0.25, 0.3) is 0 Å². The maximum absolute atomic E-state index is 10.5. The maximum Gasteiger partial charge on any atom is 0.303 e. The summed E-state index contributed by atoms with van der Waals surface area (Å²) in [6.45, 7) is 2.26. The molecule has 2 fully saturated rings. The summed E-state index contributed by atoms with van der Waals surface area (Å²) in [6.07, 6.45) is 16.3. The predicted octanol–water partition coefficient (Wildman–Crippen LogP) is 5.29. The molecule has 0 saturated carbocycles. The lowest BCUT2D eigenvalue weighted by atomic mass is 9.78. The van der Waals surface area contributed by atoms with E-state index in [4.69, 9.17) is 9.84 Å². The Morgan fingerprint density at radius 2 is 1.92 bits per heavy atom. The van der Waals surface area contributed by atoms with Crippen LogP contribution in [0.3, 0.4) is 0 Å². The van der Waals surface area contributed by atoms with Crippen LogP contribution in [0.4, 0.5) is 0 Å². The van der Waals surface area contributed by atoms with E-state index in [0.717, 1.165) is 25.2 Å². The van der Waals surface area contributed by atoms with E-state index in [-0.39, 0.29) is 6.42 Å². The Balaban J connectivity index is 1.65. The molecular formula is C20H34O3S. The van der Waals surface area contributed by atoms with Gasteiger partial charge in [0, 0.05) is 6.42 Å². The van der Waals surface area contributed by atoms with E-state index < -0.39 is 5.97 Å². The van der Waals surface area contributed by atoms with Crippen LogP contribution in [0.2, 0.25) is 0 Å². The normalized spacial score (nSPS) is 28.9. The van der Waals surface area contributed by atoms with Crippen molar-refractivity contribution in [1.82, 2.24) is 0 Å². The van der Waals surface area contributed by atoms with E-state index >= 15 is 0 Å². The second-order valence-electron chi connectivity index (χ2n) is 7.25. The van der Waals surface area contributed by atoms with E-state index in [0.29, 0.717) is 18.1 Å². The molecule has 0 spiro atoms. The van der Waals surface area contributed by atoms with Crippen molar-refractivity contribution in [1.29, 1.82) is 0 Å². The first kappa shape index (κ1) is 19.8. The van der Waals surface area contributed by atoms with E-state index in [9.17, 15) is 4.79 Å². The lowest BCUT2D eigenvalue weighted by Gasteiger charge is -2.27. The molecule has 138 valence electrons. The topological polar surface area (TPSA) is 46.5 Å². The van der Waals surface area contributed by atoms with Gasteiger partial charge in [-0.2, -0.15) is 11.8 Å². The number of hydrogen-bond donors (Lipinski definition) is 1. The highest BCUT2D eigenvalue weighted by Crippen LogP contribution is 2.46. The van der Waals surface area contributed by atoms with Crippen LogP contribution in [0.25, 0.3) is 0 Å². The smallest absolute Gasteiger partial charge is 0.303 e. The van der Waals surface area contributed by atoms with Gasteiger partial charge in [0.05, 0.1) is 12.2 Å². The molecule has 2 heterocycles. The van der Waals surface area contributed by atoms with Gasteiger partial charge in [0.2, 0.25) is 0 Å². The van der Waals surface area contributed by atoms with Crippen molar-refractivity contribution >= 4 is 17.7 Å². The van der Waals surface area contributed by atoms with E-state index in [1.807, 2.05) is 0 Å². The molecule has 0 aromatic rings. The fourth-order valence-electron chi connectivity index (χ4n) is 4.02. The fourth-order valence-corrected chi connectivity index (χ4v) is 5.33. The van der Waals surface area contributed by atoms with Crippen LogP contribution in [0.1, 0.15) is 71.1 Å². The maximum atomic E-state index is 10.5. The minimum atomic E-state index is -0.694. The third-order valence-electron chi connectivity index (χ3n) is 5.38. The summed E-state index contributed by atoms with van der Waals surface area (Å²) in [6, 6.07) is 0. The molecule has 4 heteroatoms. The van der Waals surface area contributed by atoms with Gasteiger partial charge in [-0.1, -0.05) is 38.3 Å². The number of allylic oxidation sites excluding steroid dienone is 2. The van der Waals surface area contributed by atoms with Gasteiger partial charge in [-0.05, 0) is 61.9 Å². The summed E-state index contributed by atoms with van der Waals surface area (Å²) in [4.78, 5) is 10.5. The van der Waals surface area contributed by atoms with Gasteiger partial charge < -0.3 is 9.84 Å². The average Bonchev–Trinajstić information content (AvgIpc) is 3.15. The molecule has 0 aromatic carbocycles. The minimum Gasteiger partial charge on any atom is -0.481 e. The number of aliphatic carboxylic acids is 1. The Kier molecular flexibility index (Phi) is 9.26. The Labute approximate surface area is 151 Å². The van der Waals surface area contributed by atoms with Crippen molar-refractivity contribution in [2.45, 2.75) is 83.3 Å². The molecule has 0 amide bonds. The second kappa shape index (κ2) is 11.2. The zero-order valence-electron chi connectivity index (χ0n) is 15.1. The largest absolute Gasteiger partial charge is 0.481 e. The third kappa shape index (κ3) is 6.44. The van der Waals surface area contributed by atoms with Crippen LogP contribution >= 0.6 is 11.8 Å². The number of ether oxygens (including phenoxy) is 1. The summed E-state index contributed by atoms with van der Waals surface area (Å²) in [5.41, 5.74) is 0. The van der Waals surface area contributed by atoms with Crippen molar-refractivity contribution in [3.05, 3.63) is 12.2 Å². The van der Waals surface area contributed by atoms with Crippen molar-refractivity contribution in [3.8, 4) is 0 Å². The number of carboxylic acid groups (broad SMARTS) is 1. The monoisotopic (exact) mass is 354 g/mol. The molecule has 2 bridgehead atoms. The molecule has 0 unspecified atom stereocenters. The molecule has 0 aromatic heterocycles. The Morgan fingerprint density at radius 1 is 1.12 bits per heavy atom. The number of fused-ring (bicyclic) bond motifs is 2. The number of thioether (sulfide) groups is 1. The van der Waals surface area contributed by atoms with Crippen LogP contribution in [0, 0.1) is 11.8 Å². The van der Waals surface area contributed by atoms with Gasteiger partial charge in [-0.25, -0.2) is 0 Å². The SMILES string of the molecule is CCCCCCSC[C@@H]1[C@H](CC=CCCCC(=O)O)[C@@H]2CC[C@H]1O2. The van der Waals surface area contributed by atoms with Gasteiger partial charge in [0.1, 0.15) is 0 Å². The number of carbonyl (C=O) groups is 1. The summed E-state index contributed by atoms with van der Waals surface area (Å²) in [7, 11) is 0. The molecule has 0 aliphatic carbocycles. The minimum absolute atomic E-state index is 0.277. The summed E-state index contributed by atoms with van der Waals surface area (Å²) in [5.74, 6) is 3.27. The lowest BCUT2D eigenvalue weighted by molar-refractivity contribution is -0.137. The lowest BCUT2D eigenvalue weighted by Crippen LogP contribution is -2.28. The number of unbranched alkanes of at least 4 members (excludes halogenated alkanes) is 4. The molecule has 2 aliphatic rings. The van der Waals surface area contributed by atoms with Crippen LogP contribution in [-0.2, 0) is 9.53 Å². The Morgan fingerprint density at radius 3 is 2.67 bits per heavy atom. The van der Waals surface area contributed by atoms with E-state index in [1.54, 1.807) is 0 Å². The number of rotatable bonds is 13. The first-order valence-corrected chi connectivity index (χ1v) is 11.0. The standard InChI is InChI=1S/C20H34O3S/c1-2-3-4-9-14-24-15-17-16(18-12-13-19(17)23-18)10-7-5-6-8-11-20(21)22/h5,7,16-19H,2-4,6,8-15H2,1H3,(H,21,22)/t16-,17+,18-,19+/m0/s1. The highest BCUT2D eigenvalue weighted by Gasteiger charge is 2.47. The summed E-state index contributed by atoms with van der Waals surface area (Å²) in [5, 5.41) is 8.66.